The molecule has 98 valence electrons. The van der Waals surface area contributed by atoms with E-state index in [1.54, 1.807) is 6.20 Å². The number of amides is 2. The van der Waals surface area contributed by atoms with Gasteiger partial charge in [-0.25, -0.2) is 0 Å². The van der Waals surface area contributed by atoms with E-state index in [9.17, 15) is 9.59 Å². The standard InChI is InChI=1S/C12H18N4O2/c1-7(2)16-11(17)4-10(12(16)18)13-5-9-6-14-15-8(9)3/h6-7,10,13H,4-5H2,1-3H3,(H,14,15). The van der Waals surface area contributed by atoms with Crippen molar-refractivity contribution in [3.05, 3.63) is 17.5 Å². The fourth-order valence-electron chi connectivity index (χ4n) is 2.14. The third-order valence-corrected chi connectivity index (χ3v) is 3.17. The van der Waals surface area contributed by atoms with Gasteiger partial charge in [0.1, 0.15) is 0 Å². The van der Waals surface area contributed by atoms with Crippen LogP contribution in [0.5, 0.6) is 0 Å². The normalized spacial score (nSPS) is 20.2. The number of likely N-dealkylation sites (tertiary alicyclic amines) is 1. The van der Waals surface area contributed by atoms with Crippen LogP contribution >= 0.6 is 0 Å². The maximum Gasteiger partial charge on any atom is 0.247 e. The Kier molecular flexibility index (Phi) is 3.47. The van der Waals surface area contributed by atoms with E-state index >= 15 is 0 Å². The molecule has 6 nitrogen and oxygen atoms in total. The second-order valence-corrected chi connectivity index (χ2v) is 4.85. The maximum absolute atomic E-state index is 12.0. The first kappa shape index (κ1) is 12.8. The molecule has 0 aliphatic carbocycles. The summed E-state index contributed by atoms with van der Waals surface area (Å²) >= 11 is 0. The van der Waals surface area contributed by atoms with Gasteiger partial charge in [-0.2, -0.15) is 5.10 Å². The maximum atomic E-state index is 12.0. The number of hydrogen-bond donors (Lipinski definition) is 2. The highest BCUT2D eigenvalue weighted by molar-refractivity contribution is 6.05. The summed E-state index contributed by atoms with van der Waals surface area (Å²) in [7, 11) is 0. The van der Waals surface area contributed by atoms with Crippen molar-refractivity contribution >= 4 is 11.8 Å². The zero-order valence-electron chi connectivity index (χ0n) is 10.9. The lowest BCUT2D eigenvalue weighted by atomic mass is 10.2. The van der Waals surface area contributed by atoms with Crippen molar-refractivity contribution in [1.82, 2.24) is 20.4 Å². The quantitative estimate of drug-likeness (QED) is 0.756. The molecule has 1 fully saturated rings. The van der Waals surface area contributed by atoms with E-state index in [-0.39, 0.29) is 24.3 Å². The topological polar surface area (TPSA) is 78.1 Å². The number of rotatable bonds is 4. The zero-order valence-corrected chi connectivity index (χ0v) is 10.9. The van der Waals surface area contributed by atoms with Crippen LogP contribution in [0.4, 0.5) is 0 Å². The van der Waals surface area contributed by atoms with Gasteiger partial charge in [-0.3, -0.25) is 19.6 Å². The molecule has 2 amide bonds. The molecule has 2 rings (SSSR count). The Hall–Kier alpha value is -1.69. The molecule has 0 aromatic carbocycles. The number of H-pyrrole nitrogens is 1. The molecular weight excluding hydrogens is 232 g/mol. The van der Waals surface area contributed by atoms with E-state index in [0.717, 1.165) is 11.3 Å². The Morgan fingerprint density at radius 3 is 2.78 bits per heavy atom. The van der Waals surface area contributed by atoms with E-state index < -0.39 is 6.04 Å². The Labute approximate surface area is 106 Å². The molecule has 1 aromatic heterocycles. The van der Waals surface area contributed by atoms with Gasteiger partial charge >= 0.3 is 0 Å². The number of nitrogens with one attached hydrogen (secondary N) is 2. The number of aromatic amines is 1. The summed E-state index contributed by atoms with van der Waals surface area (Å²) < 4.78 is 0. The predicted molar refractivity (Wildman–Crippen MR) is 65.6 cm³/mol. The average Bonchev–Trinajstić information content (AvgIpc) is 2.80. The summed E-state index contributed by atoms with van der Waals surface area (Å²) in [6.45, 7) is 6.15. The van der Waals surface area contributed by atoms with Crippen molar-refractivity contribution in [1.29, 1.82) is 0 Å². The van der Waals surface area contributed by atoms with Crippen LogP contribution in [0.3, 0.4) is 0 Å². The predicted octanol–water partition coefficient (Wildman–Crippen LogP) is 0.344. The Morgan fingerprint density at radius 1 is 1.56 bits per heavy atom. The molecule has 18 heavy (non-hydrogen) atoms. The van der Waals surface area contributed by atoms with E-state index in [2.05, 4.69) is 15.5 Å². The van der Waals surface area contributed by atoms with Crippen LogP contribution in [-0.4, -0.2) is 39.0 Å². The van der Waals surface area contributed by atoms with E-state index in [1.807, 2.05) is 20.8 Å². The molecule has 1 aromatic rings. The minimum Gasteiger partial charge on any atom is -0.301 e. The van der Waals surface area contributed by atoms with Crippen molar-refractivity contribution in [2.45, 2.75) is 45.8 Å². The number of imide groups is 1. The Morgan fingerprint density at radius 2 is 2.28 bits per heavy atom. The van der Waals surface area contributed by atoms with Crippen LogP contribution in [-0.2, 0) is 16.1 Å². The van der Waals surface area contributed by atoms with Crippen LogP contribution in [0, 0.1) is 6.92 Å². The van der Waals surface area contributed by atoms with Crippen LogP contribution in [0.15, 0.2) is 6.20 Å². The molecular formula is C12H18N4O2. The number of nitrogens with zero attached hydrogens (tertiary/aromatic N) is 2. The number of carbonyl (C=O) groups is 2. The largest absolute Gasteiger partial charge is 0.301 e. The molecule has 0 spiro atoms. The fraction of sp³-hybridized carbons (Fsp3) is 0.583. The first-order valence-corrected chi connectivity index (χ1v) is 6.09. The van der Waals surface area contributed by atoms with Crippen molar-refractivity contribution in [2.75, 3.05) is 0 Å². The first-order chi connectivity index (χ1) is 8.50. The molecule has 1 aliphatic heterocycles. The van der Waals surface area contributed by atoms with Gasteiger partial charge < -0.3 is 5.32 Å². The Balaban J connectivity index is 1.98. The van der Waals surface area contributed by atoms with Gasteiger partial charge in [-0.1, -0.05) is 0 Å². The summed E-state index contributed by atoms with van der Waals surface area (Å²) in [5.41, 5.74) is 1.98. The molecule has 0 saturated carbocycles. The fourth-order valence-corrected chi connectivity index (χ4v) is 2.14. The molecule has 0 bridgehead atoms. The lowest BCUT2D eigenvalue weighted by Crippen LogP contribution is -2.41. The van der Waals surface area contributed by atoms with Gasteiger partial charge in [0.15, 0.2) is 0 Å². The van der Waals surface area contributed by atoms with Gasteiger partial charge in [0, 0.05) is 23.8 Å². The molecule has 1 aliphatic rings. The van der Waals surface area contributed by atoms with E-state index in [4.69, 9.17) is 0 Å². The lowest BCUT2D eigenvalue weighted by Gasteiger charge is -2.19. The molecule has 1 atom stereocenters. The van der Waals surface area contributed by atoms with Crippen molar-refractivity contribution < 1.29 is 9.59 Å². The third kappa shape index (κ3) is 2.28. The van der Waals surface area contributed by atoms with Gasteiger partial charge in [-0.15, -0.1) is 0 Å². The minimum absolute atomic E-state index is 0.0764. The summed E-state index contributed by atoms with van der Waals surface area (Å²) in [6, 6.07) is -0.485. The monoisotopic (exact) mass is 250 g/mol. The second kappa shape index (κ2) is 4.89. The molecule has 2 N–H and O–H groups in total. The van der Waals surface area contributed by atoms with Crippen molar-refractivity contribution in [3.63, 3.8) is 0 Å². The molecule has 0 radical (unpaired) electrons. The summed E-state index contributed by atoms with van der Waals surface area (Å²) in [6.07, 6.45) is 1.97. The minimum atomic E-state index is -0.408. The molecule has 6 heteroatoms. The average molecular weight is 250 g/mol. The SMILES string of the molecule is Cc1[nH]ncc1CNC1CC(=O)N(C(C)C)C1=O. The van der Waals surface area contributed by atoms with Crippen molar-refractivity contribution in [2.24, 2.45) is 0 Å². The number of carbonyl (C=O) groups excluding carboxylic acids is 2. The van der Waals surface area contributed by atoms with Gasteiger partial charge in [0.25, 0.3) is 0 Å². The zero-order chi connectivity index (χ0) is 13.3. The summed E-state index contributed by atoms with van der Waals surface area (Å²) in [5, 5.41) is 9.87. The van der Waals surface area contributed by atoms with Gasteiger partial charge in [0.2, 0.25) is 11.8 Å². The lowest BCUT2D eigenvalue weighted by molar-refractivity contribution is -0.140. The number of aromatic nitrogens is 2. The van der Waals surface area contributed by atoms with Gasteiger partial charge in [-0.05, 0) is 20.8 Å². The molecule has 1 unspecified atom stereocenters. The summed E-state index contributed by atoms with van der Waals surface area (Å²) in [4.78, 5) is 25.1. The van der Waals surface area contributed by atoms with Crippen molar-refractivity contribution in [3.8, 4) is 0 Å². The number of hydrogen-bond acceptors (Lipinski definition) is 4. The molecule has 1 saturated heterocycles. The van der Waals surface area contributed by atoms with E-state index in [0.29, 0.717) is 6.54 Å². The summed E-state index contributed by atoms with van der Waals surface area (Å²) in [5.74, 6) is -0.229. The highest BCUT2D eigenvalue weighted by Gasteiger charge is 2.39. The highest BCUT2D eigenvalue weighted by atomic mass is 16.2. The number of aryl methyl sites for hydroxylation is 1. The highest BCUT2D eigenvalue weighted by Crippen LogP contribution is 2.16. The third-order valence-electron chi connectivity index (χ3n) is 3.17. The van der Waals surface area contributed by atoms with Crippen LogP contribution in [0.1, 0.15) is 31.5 Å². The van der Waals surface area contributed by atoms with E-state index in [1.165, 1.54) is 4.90 Å². The van der Waals surface area contributed by atoms with Crippen LogP contribution in [0.2, 0.25) is 0 Å². The van der Waals surface area contributed by atoms with Gasteiger partial charge in [0.05, 0.1) is 18.7 Å². The Bertz CT molecular complexity index is 466. The molecule has 2 heterocycles. The van der Waals surface area contributed by atoms with Crippen LogP contribution in [0.25, 0.3) is 0 Å². The van der Waals surface area contributed by atoms with Crippen LogP contribution < -0.4 is 5.32 Å². The second-order valence-electron chi connectivity index (χ2n) is 4.85. The smallest absolute Gasteiger partial charge is 0.247 e. The first-order valence-electron chi connectivity index (χ1n) is 6.09.